The number of nitrogens with one attached hydrogen (secondary N) is 1. The zero-order valence-corrected chi connectivity index (χ0v) is 14.3. The van der Waals surface area contributed by atoms with E-state index in [4.69, 9.17) is 19.1 Å². The van der Waals surface area contributed by atoms with Gasteiger partial charge in [-0.2, -0.15) is 0 Å². The van der Waals surface area contributed by atoms with Crippen molar-refractivity contribution in [2.45, 2.75) is 24.2 Å². The maximum absolute atomic E-state index is 13.0. The van der Waals surface area contributed by atoms with Gasteiger partial charge in [0.15, 0.2) is 5.16 Å². The summed E-state index contributed by atoms with van der Waals surface area (Å²) in [5.41, 5.74) is -0.115. The molecule has 0 saturated carbocycles. The number of para-hydroxylation sites is 2. The van der Waals surface area contributed by atoms with Gasteiger partial charge in [-0.15, -0.1) is 0 Å². The van der Waals surface area contributed by atoms with Gasteiger partial charge in [-0.3, -0.25) is 9.19 Å². The summed E-state index contributed by atoms with van der Waals surface area (Å²) in [6.07, 6.45) is 1.93. The number of rotatable bonds is 8. The Hall–Kier alpha value is -2.25. The van der Waals surface area contributed by atoms with Crippen LogP contribution < -0.4 is 4.74 Å². The van der Waals surface area contributed by atoms with E-state index in [0.717, 1.165) is 0 Å². The van der Waals surface area contributed by atoms with E-state index in [-0.39, 0.29) is 57.6 Å². The molecule has 1 atom stereocenters. The smallest absolute Gasteiger partial charge is 0.197 e. The maximum atomic E-state index is 13.0. The minimum atomic E-state index is -2.57. The van der Waals surface area contributed by atoms with Crippen LogP contribution in [0.5, 0.6) is 5.75 Å². The van der Waals surface area contributed by atoms with E-state index in [1.807, 2.05) is 0 Å². The number of hydrogen-bond acceptors (Lipinski definition) is 5. The van der Waals surface area contributed by atoms with Crippen LogP contribution in [-0.2, 0) is 21.3 Å². The maximum Gasteiger partial charge on any atom is 0.197 e. The van der Waals surface area contributed by atoms with Crippen LogP contribution in [0.4, 0.5) is 0 Å². The number of ether oxygens (including phenoxy) is 2. The molecule has 1 aromatic carbocycles. The van der Waals surface area contributed by atoms with Gasteiger partial charge in [0.2, 0.25) is 0 Å². The molecule has 2 heterocycles. The Morgan fingerprint density at radius 3 is 3.08 bits per heavy atom. The van der Waals surface area contributed by atoms with Gasteiger partial charge in [-0.1, -0.05) is 12.1 Å². The van der Waals surface area contributed by atoms with Crippen molar-refractivity contribution in [2.24, 2.45) is 0 Å². The lowest BCUT2D eigenvalue weighted by Gasteiger charge is -2.11. The van der Waals surface area contributed by atoms with Crippen LogP contribution in [0.15, 0.2) is 41.6 Å². The van der Waals surface area contributed by atoms with Crippen molar-refractivity contribution in [3.63, 3.8) is 0 Å². The minimum Gasteiger partial charge on any atom is -0.493 e. The van der Waals surface area contributed by atoms with Gasteiger partial charge in [0, 0.05) is 36.0 Å². The fraction of sp³-hybridized carbons (Fsp3) is 0.333. The highest BCUT2D eigenvalue weighted by atomic mass is 32.2. The number of pyridine rings is 1. The van der Waals surface area contributed by atoms with Gasteiger partial charge in [0.05, 0.1) is 45.4 Å². The highest BCUT2D eigenvalue weighted by Gasteiger charge is 2.14. The molecule has 0 amide bonds. The first kappa shape index (κ1) is 10.7. The van der Waals surface area contributed by atoms with Crippen molar-refractivity contribution >= 4 is 21.8 Å². The number of benzene rings is 1. The van der Waals surface area contributed by atoms with E-state index in [9.17, 15) is 4.21 Å². The molecular formula is C18H21N3O3S. The zero-order valence-electron chi connectivity index (χ0n) is 20.5. The van der Waals surface area contributed by atoms with Crippen LogP contribution in [-0.4, -0.2) is 39.5 Å². The van der Waals surface area contributed by atoms with Crippen LogP contribution in [0.1, 0.15) is 27.3 Å². The summed E-state index contributed by atoms with van der Waals surface area (Å²) in [5.74, 6) is -0.183. The molecule has 0 aliphatic heterocycles. The third-order valence-corrected chi connectivity index (χ3v) is 4.50. The average molecular weight is 366 g/mol. The molecule has 6 nitrogen and oxygen atoms in total. The van der Waals surface area contributed by atoms with Gasteiger partial charge in [0.25, 0.3) is 0 Å². The highest BCUT2D eigenvalue weighted by Crippen LogP contribution is 2.22. The van der Waals surface area contributed by atoms with E-state index < -0.39 is 29.7 Å². The second-order valence-corrected chi connectivity index (χ2v) is 6.45. The molecule has 0 aliphatic rings. The van der Waals surface area contributed by atoms with Crippen molar-refractivity contribution in [2.75, 3.05) is 20.3 Å². The summed E-state index contributed by atoms with van der Waals surface area (Å²) in [5, 5.41) is -0.100. The second kappa shape index (κ2) is 8.22. The van der Waals surface area contributed by atoms with Gasteiger partial charge in [-0.05, 0) is 25.0 Å². The molecule has 0 fully saturated rings. The Balaban J connectivity index is 1.95. The van der Waals surface area contributed by atoms with E-state index in [0.29, 0.717) is 13.0 Å². The molecule has 7 heteroatoms. The number of methoxy groups -OCH3 is 1. The zero-order chi connectivity index (χ0) is 23.6. The number of nitrogens with zero attached hydrogens (tertiary/aromatic N) is 2. The number of hydrogen-bond donors (Lipinski definition) is 1. The topological polar surface area (TPSA) is 77.1 Å². The van der Waals surface area contributed by atoms with Crippen molar-refractivity contribution in [1.82, 2.24) is 15.0 Å². The van der Waals surface area contributed by atoms with Crippen LogP contribution in [0, 0.1) is 6.85 Å². The predicted molar refractivity (Wildman–Crippen MR) is 97.2 cm³/mol. The fourth-order valence-electron chi connectivity index (χ4n) is 2.12. The summed E-state index contributed by atoms with van der Waals surface area (Å²) >= 11 is 0. The normalized spacial score (nSPS) is 16.9. The first-order valence-corrected chi connectivity index (χ1v) is 8.82. The van der Waals surface area contributed by atoms with Gasteiger partial charge in [-0.25, -0.2) is 4.98 Å². The number of imidazole rings is 1. The van der Waals surface area contributed by atoms with Gasteiger partial charge < -0.3 is 14.5 Å². The third-order valence-electron chi connectivity index (χ3n) is 3.34. The largest absolute Gasteiger partial charge is 0.493 e. The van der Waals surface area contributed by atoms with Crippen LogP contribution in [0.2, 0.25) is 0 Å². The van der Waals surface area contributed by atoms with E-state index in [1.165, 1.54) is 12.3 Å². The molecule has 132 valence electrons. The van der Waals surface area contributed by atoms with Crippen molar-refractivity contribution in [3.8, 4) is 5.75 Å². The van der Waals surface area contributed by atoms with Crippen molar-refractivity contribution in [1.29, 1.82) is 0 Å². The summed E-state index contributed by atoms with van der Waals surface area (Å²) in [4.78, 5) is 10.9. The molecule has 2 aromatic heterocycles. The Morgan fingerprint density at radius 1 is 1.36 bits per heavy atom. The quantitative estimate of drug-likeness (QED) is 0.620. The fourth-order valence-corrected chi connectivity index (χ4v) is 3.13. The number of aromatic nitrogens is 3. The molecule has 1 N–H and O–H groups in total. The summed E-state index contributed by atoms with van der Waals surface area (Å²) < 4.78 is 78.6. The Morgan fingerprint density at radius 2 is 2.24 bits per heavy atom. The minimum absolute atomic E-state index is 0.0265. The van der Waals surface area contributed by atoms with Crippen LogP contribution in [0.3, 0.4) is 0 Å². The summed E-state index contributed by atoms with van der Waals surface area (Å²) in [6, 6.07) is -0.131. The monoisotopic (exact) mass is 366 g/mol. The van der Waals surface area contributed by atoms with Gasteiger partial charge >= 0.3 is 0 Å². The Labute approximate surface area is 158 Å². The molecule has 25 heavy (non-hydrogen) atoms. The molecule has 0 saturated heterocycles. The molecule has 3 rings (SSSR count). The van der Waals surface area contributed by atoms with Crippen LogP contribution in [0.25, 0.3) is 11.0 Å². The van der Waals surface area contributed by atoms with Crippen molar-refractivity contribution in [3.05, 3.63) is 47.7 Å². The number of aromatic amines is 1. The first-order chi connectivity index (χ1) is 15.1. The summed E-state index contributed by atoms with van der Waals surface area (Å²) in [7, 11) is -0.352. The Bertz CT molecular complexity index is 1120. The second-order valence-electron chi connectivity index (χ2n) is 5.08. The molecule has 0 spiro atoms. The van der Waals surface area contributed by atoms with E-state index in [1.54, 1.807) is 7.11 Å². The first-order valence-electron chi connectivity index (χ1n) is 11.0. The number of H-pyrrole nitrogens is 1. The molecular weight excluding hydrogens is 338 g/mol. The average Bonchev–Trinajstić information content (AvgIpc) is 3.19. The van der Waals surface area contributed by atoms with Crippen LogP contribution >= 0.6 is 0 Å². The summed E-state index contributed by atoms with van der Waals surface area (Å²) in [6.45, 7) is -1.88. The number of fused-ring (bicyclic) bond motifs is 1. The lowest BCUT2D eigenvalue weighted by atomic mass is 10.2. The Kier molecular flexibility index (Phi) is 3.51. The molecule has 0 bridgehead atoms. The highest BCUT2D eigenvalue weighted by molar-refractivity contribution is 7.84. The van der Waals surface area contributed by atoms with Gasteiger partial charge in [0.1, 0.15) is 5.75 Å². The van der Waals surface area contributed by atoms with E-state index in [2.05, 4.69) is 15.0 Å². The van der Waals surface area contributed by atoms with Crippen molar-refractivity contribution < 1.29 is 23.3 Å². The third kappa shape index (κ3) is 4.24. The molecule has 3 aromatic rings. The predicted octanol–water partition coefficient (Wildman–Crippen LogP) is 2.99. The molecule has 1 unspecified atom stereocenters. The lowest BCUT2D eigenvalue weighted by molar-refractivity contribution is 0.172. The molecule has 0 radical (unpaired) electrons. The lowest BCUT2D eigenvalue weighted by Crippen LogP contribution is -2.06. The molecule has 0 aliphatic carbocycles. The SMILES string of the molecule is [2H]c1c([2H])c([2H])c2[nH]c(S(=O)Cc3nccc(OCCCOC)c3C([2H])([2H])[2H])nc2c1[2H]. The van der Waals surface area contributed by atoms with E-state index >= 15 is 0 Å². The standard InChI is InChI=1S/C18H21N3O3S/c1-13-16(19-9-8-17(13)24-11-5-10-23-2)12-25(22)18-20-14-6-3-4-7-15(14)21-18/h3-4,6-9H,5,10-12H2,1-2H3,(H,20,21)/i1D3,3D,4D,6D,7D.